The number of nitrogens with zero attached hydrogens (tertiary/aromatic N) is 1. The van der Waals surface area contributed by atoms with Crippen LogP contribution in [-0.4, -0.2) is 16.0 Å². The van der Waals surface area contributed by atoms with Crippen LogP contribution >= 0.6 is 0 Å². The molecule has 0 unspecified atom stereocenters. The lowest BCUT2D eigenvalue weighted by atomic mass is 9.82. The van der Waals surface area contributed by atoms with Crippen LogP contribution in [0.2, 0.25) is 0 Å². The highest BCUT2D eigenvalue weighted by Gasteiger charge is 2.37. The molecule has 2 heterocycles. The predicted octanol–water partition coefficient (Wildman–Crippen LogP) is 5.26. The molecule has 0 aliphatic heterocycles. The molecule has 0 amide bonds. The Morgan fingerprint density at radius 2 is 1.34 bits per heavy atom. The fourth-order valence-electron chi connectivity index (χ4n) is 5.05. The molecule has 0 radical (unpaired) electrons. The Labute approximate surface area is 168 Å². The normalized spacial score (nSPS) is 15.2. The van der Waals surface area contributed by atoms with Gasteiger partial charge in [0, 0.05) is 17.3 Å². The molecule has 2 aromatic heterocycles. The van der Waals surface area contributed by atoms with Gasteiger partial charge in [0.1, 0.15) is 0 Å². The van der Waals surface area contributed by atoms with Crippen LogP contribution in [-0.2, 0) is 12.8 Å². The summed E-state index contributed by atoms with van der Waals surface area (Å²) in [4.78, 5) is 27.3. The number of hydrogen-bond donors (Lipinski definition) is 0. The molecule has 0 spiro atoms. The molecule has 0 atom stereocenters. The molecule has 0 saturated heterocycles. The summed E-state index contributed by atoms with van der Waals surface area (Å²) in [5.74, 6) is -0.0869. The van der Waals surface area contributed by atoms with Crippen molar-refractivity contribution in [3.63, 3.8) is 0 Å². The van der Waals surface area contributed by atoms with Crippen LogP contribution < -0.4 is 0 Å². The van der Waals surface area contributed by atoms with Gasteiger partial charge in [-0.1, -0.05) is 54.6 Å². The Balaban J connectivity index is 1.80. The van der Waals surface area contributed by atoms with E-state index in [4.69, 9.17) is 0 Å². The molecular weight excluding hydrogens is 358 g/mol. The third-order valence-corrected chi connectivity index (χ3v) is 6.34. The zero-order chi connectivity index (χ0) is 19.5. The lowest BCUT2D eigenvalue weighted by molar-refractivity contribution is 0.0981. The minimum atomic E-state index is -0.0534. The topological polar surface area (TPSA) is 38.5 Å². The van der Waals surface area contributed by atoms with E-state index in [9.17, 15) is 9.59 Å². The minimum absolute atomic E-state index is 0.0335. The average Bonchev–Trinajstić information content (AvgIpc) is 3.14. The maximum absolute atomic E-state index is 13.6. The van der Waals surface area contributed by atoms with Crippen molar-refractivity contribution in [1.82, 2.24) is 4.40 Å². The summed E-state index contributed by atoms with van der Waals surface area (Å²) in [6.07, 6.45) is 6.32. The van der Waals surface area contributed by atoms with Gasteiger partial charge in [-0.25, -0.2) is 0 Å². The maximum atomic E-state index is 13.6. The van der Waals surface area contributed by atoms with Crippen LogP contribution in [0.25, 0.3) is 16.8 Å². The van der Waals surface area contributed by atoms with Gasteiger partial charge in [-0.15, -0.1) is 0 Å². The summed E-state index contributed by atoms with van der Waals surface area (Å²) < 4.78 is 2.09. The van der Waals surface area contributed by atoms with E-state index >= 15 is 0 Å². The summed E-state index contributed by atoms with van der Waals surface area (Å²) in [6, 6.07) is 19.3. The molecule has 2 aliphatic rings. The van der Waals surface area contributed by atoms with Crippen LogP contribution in [0, 0.1) is 0 Å². The van der Waals surface area contributed by atoms with E-state index in [1.165, 1.54) is 17.5 Å². The van der Waals surface area contributed by atoms with Gasteiger partial charge in [0.25, 0.3) is 0 Å². The number of ketones is 2. The second kappa shape index (κ2) is 6.02. The van der Waals surface area contributed by atoms with E-state index < -0.39 is 0 Å². The van der Waals surface area contributed by atoms with Gasteiger partial charge in [-0.2, -0.15) is 0 Å². The van der Waals surface area contributed by atoms with Crippen LogP contribution in [0.15, 0.2) is 66.9 Å². The van der Waals surface area contributed by atoms with Crippen molar-refractivity contribution in [1.29, 1.82) is 0 Å². The zero-order valence-corrected chi connectivity index (χ0v) is 15.9. The Morgan fingerprint density at radius 3 is 2.10 bits per heavy atom. The molecule has 3 heteroatoms. The first-order chi connectivity index (χ1) is 14.3. The molecule has 2 aromatic carbocycles. The smallest absolute Gasteiger partial charge is 0.196 e. The zero-order valence-electron chi connectivity index (χ0n) is 15.9. The summed E-state index contributed by atoms with van der Waals surface area (Å²) in [5, 5.41) is 0. The van der Waals surface area contributed by atoms with E-state index in [1.807, 2.05) is 48.7 Å². The largest absolute Gasteiger partial charge is 0.315 e. The van der Waals surface area contributed by atoms with Crippen molar-refractivity contribution in [3.05, 3.63) is 100 Å². The number of benzene rings is 2. The van der Waals surface area contributed by atoms with Crippen LogP contribution in [0.3, 0.4) is 0 Å². The molecule has 6 rings (SSSR count). The third kappa shape index (κ3) is 2.18. The Morgan fingerprint density at radius 1 is 0.690 bits per heavy atom. The number of carbonyl (C=O) groups excluding carboxylic acids is 2. The summed E-state index contributed by atoms with van der Waals surface area (Å²) in [7, 11) is 0. The van der Waals surface area contributed by atoms with E-state index in [2.05, 4.69) is 10.5 Å². The van der Waals surface area contributed by atoms with Gasteiger partial charge in [-0.3, -0.25) is 9.59 Å². The Bertz CT molecular complexity index is 1330. The quantitative estimate of drug-likeness (QED) is 0.400. The molecule has 29 heavy (non-hydrogen) atoms. The van der Waals surface area contributed by atoms with Crippen molar-refractivity contribution in [3.8, 4) is 11.3 Å². The molecule has 4 aromatic rings. The van der Waals surface area contributed by atoms with Crippen molar-refractivity contribution in [2.24, 2.45) is 0 Å². The molecule has 2 aliphatic carbocycles. The molecular formula is C26H19NO2. The van der Waals surface area contributed by atoms with Crippen LogP contribution in [0.1, 0.15) is 55.8 Å². The number of carbonyl (C=O) groups is 2. The Kier molecular flexibility index (Phi) is 3.42. The highest BCUT2D eigenvalue weighted by atomic mass is 16.1. The molecule has 0 bridgehead atoms. The minimum Gasteiger partial charge on any atom is -0.315 e. The highest BCUT2D eigenvalue weighted by molar-refractivity contribution is 6.33. The van der Waals surface area contributed by atoms with E-state index in [0.29, 0.717) is 22.3 Å². The number of aryl methyl sites for hydroxylation is 2. The van der Waals surface area contributed by atoms with Crippen molar-refractivity contribution < 1.29 is 9.59 Å². The van der Waals surface area contributed by atoms with Crippen molar-refractivity contribution in [2.75, 3.05) is 0 Å². The second-order valence-electron chi connectivity index (χ2n) is 7.91. The van der Waals surface area contributed by atoms with Gasteiger partial charge < -0.3 is 4.40 Å². The van der Waals surface area contributed by atoms with Gasteiger partial charge >= 0.3 is 0 Å². The van der Waals surface area contributed by atoms with Crippen LogP contribution in [0.4, 0.5) is 0 Å². The number of hydrogen-bond acceptors (Lipinski definition) is 2. The SMILES string of the molecule is O=C1c2ccccc2C(=O)c2c1c(-c1ccccc1)n1ccc3c(c21)CCCC3. The first-order valence-electron chi connectivity index (χ1n) is 10.2. The standard InChI is InChI=1S/C26H19NO2/c28-25-19-12-6-7-13-20(19)26(29)22-21(25)23(17-9-2-1-3-10-17)27-15-14-16-8-4-5-11-18(16)24(22)27/h1-3,6-7,9-10,12-15H,4-5,8,11H2. The third-order valence-electron chi connectivity index (χ3n) is 6.34. The number of fused-ring (bicyclic) bond motifs is 6. The molecule has 0 fully saturated rings. The maximum Gasteiger partial charge on any atom is 0.196 e. The molecule has 0 saturated carbocycles. The summed E-state index contributed by atoms with van der Waals surface area (Å²) >= 11 is 0. The number of rotatable bonds is 1. The average molecular weight is 377 g/mol. The number of aromatic nitrogens is 1. The molecule has 140 valence electrons. The first-order valence-corrected chi connectivity index (χ1v) is 10.2. The monoisotopic (exact) mass is 377 g/mol. The summed E-state index contributed by atoms with van der Waals surface area (Å²) in [6.45, 7) is 0. The van der Waals surface area contributed by atoms with Gasteiger partial charge in [0.15, 0.2) is 11.6 Å². The second-order valence-corrected chi connectivity index (χ2v) is 7.91. The molecule has 0 N–H and O–H groups in total. The van der Waals surface area contributed by atoms with E-state index in [-0.39, 0.29) is 11.6 Å². The van der Waals surface area contributed by atoms with E-state index in [1.54, 1.807) is 12.1 Å². The summed E-state index contributed by atoms with van der Waals surface area (Å²) in [5.41, 5.74) is 7.43. The van der Waals surface area contributed by atoms with Gasteiger partial charge in [0.05, 0.1) is 22.3 Å². The highest BCUT2D eigenvalue weighted by Crippen LogP contribution is 2.41. The fraction of sp³-hybridized carbons (Fsp3) is 0.154. The van der Waals surface area contributed by atoms with Gasteiger partial charge in [0.2, 0.25) is 0 Å². The molecule has 3 nitrogen and oxygen atoms in total. The predicted molar refractivity (Wildman–Crippen MR) is 113 cm³/mol. The fourth-order valence-corrected chi connectivity index (χ4v) is 5.05. The Hall–Kier alpha value is -3.46. The number of pyridine rings is 1. The van der Waals surface area contributed by atoms with Crippen molar-refractivity contribution in [2.45, 2.75) is 25.7 Å². The first kappa shape index (κ1) is 16.5. The van der Waals surface area contributed by atoms with E-state index in [0.717, 1.165) is 36.0 Å². The lowest BCUT2D eigenvalue weighted by Gasteiger charge is -2.19. The van der Waals surface area contributed by atoms with Crippen LogP contribution in [0.5, 0.6) is 0 Å². The van der Waals surface area contributed by atoms with Crippen molar-refractivity contribution >= 4 is 17.1 Å². The lowest BCUT2D eigenvalue weighted by Crippen LogP contribution is -2.20. The van der Waals surface area contributed by atoms with Gasteiger partial charge in [-0.05, 0) is 48.4 Å².